The number of alkyl halides is 1. The highest BCUT2D eigenvalue weighted by Crippen LogP contribution is 2.43. The van der Waals surface area contributed by atoms with Gasteiger partial charge in [0.2, 0.25) is 5.95 Å². The van der Waals surface area contributed by atoms with Crippen LogP contribution in [0, 0.1) is 5.41 Å². The number of nitrogens with zero attached hydrogens (tertiary/aromatic N) is 4. The molecule has 0 amide bonds. The van der Waals surface area contributed by atoms with Gasteiger partial charge >= 0.3 is 5.97 Å². The highest BCUT2D eigenvalue weighted by Gasteiger charge is 2.55. The van der Waals surface area contributed by atoms with Gasteiger partial charge in [0.1, 0.15) is 25.3 Å². The Morgan fingerprint density at radius 1 is 1.49 bits per heavy atom. The van der Waals surface area contributed by atoms with Crippen LogP contribution in [0.25, 0.3) is 11.2 Å². The zero-order valence-electron chi connectivity index (χ0n) is 20.5. The molecule has 0 bridgehead atoms. The van der Waals surface area contributed by atoms with Crippen LogP contribution < -0.4 is 16.1 Å². The number of aliphatic hydroxyl groups is 1. The van der Waals surface area contributed by atoms with Crippen LogP contribution in [0.1, 0.15) is 40.8 Å². The van der Waals surface area contributed by atoms with E-state index in [1.807, 2.05) is 20.8 Å². The van der Waals surface area contributed by atoms with Gasteiger partial charge in [0.15, 0.2) is 28.9 Å². The zero-order chi connectivity index (χ0) is 26.1. The highest BCUT2D eigenvalue weighted by atomic mass is 32.4. The smallest absolute Gasteiger partial charge is 0.323 e. The first-order chi connectivity index (χ1) is 16.2. The Hall–Kier alpha value is -1.96. The topological polar surface area (TPSA) is 159 Å². The van der Waals surface area contributed by atoms with Gasteiger partial charge in [0.25, 0.3) is 0 Å². The lowest BCUT2D eigenvalue weighted by Gasteiger charge is -2.24. The number of rotatable bonds is 9. The number of carbonyl (C=O) groups excluding carboxylic acids is 1. The molecule has 1 aliphatic rings. The lowest BCUT2D eigenvalue weighted by molar-refractivity contribution is -0.147. The summed E-state index contributed by atoms with van der Waals surface area (Å²) >= 11 is 5.31. The van der Waals surface area contributed by atoms with E-state index in [4.69, 9.17) is 31.5 Å². The fraction of sp³-hybridized carbons (Fsp3) is 0.700. The molecule has 0 spiro atoms. The number of aliphatic hydroxyl groups excluding tert-OH is 1. The molecular formula is C20H33FN7O5PS. The predicted molar refractivity (Wildman–Crippen MR) is 133 cm³/mol. The van der Waals surface area contributed by atoms with E-state index in [0.29, 0.717) is 11.3 Å². The van der Waals surface area contributed by atoms with Crippen molar-refractivity contribution in [2.75, 3.05) is 31.3 Å². The monoisotopic (exact) mass is 533 g/mol. The molecule has 0 aliphatic carbocycles. The molecule has 5 N–H and O–H groups in total. The van der Waals surface area contributed by atoms with Crippen LogP contribution >= 0.6 is 7.07 Å². The molecule has 3 heterocycles. The van der Waals surface area contributed by atoms with Gasteiger partial charge in [-0.2, -0.15) is 9.97 Å². The Kier molecular flexibility index (Phi) is 8.34. The third kappa shape index (κ3) is 6.25. The molecule has 1 fully saturated rings. The van der Waals surface area contributed by atoms with Crippen molar-refractivity contribution in [3.05, 3.63) is 6.33 Å². The fourth-order valence-electron chi connectivity index (χ4n) is 3.48. The number of imidazole rings is 1. The largest absolute Gasteiger partial charge is 0.464 e. The maximum absolute atomic E-state index is 15.7. The average molecular weight is 534 g/mol. The van der Waals surface area contributed by atoms with Crippen molar-refractivity contribution < 1.29 is 28.3 Å². The van der Waals surface area contributed by atoms with Crippen LogP contribution in [0.5, 0.6) is 0 Å². The summed E-state index contributed by atoms with van der Waals surface area (Å²) in [5.74, 6) is -0.0921. The van der Waals surface area contributed by atoms with Crippen molar-refractivity contribution in [2.45, 2.75) is 64.8 Å². The lowest BCUT2D eigenvalue weighted by atomic mass is 9.98. The molecule has 1 saturated heterocycles. The first-order valence-corrected chi connectivity index (χ1v) is 13.6. The van der Waals surface area contributed by atoms with Crippen LogP contribution in [0.4, 0.5) is 16.2 Å². The van der Waals surface area contributed by atoms with Crippen molar-refractivity contribution in [3.63, 3.8) is 0 Å². The molecule has 2 aromatic rings. The van der Waals surface area contributed by atoms with Gasteiger partial charge in [-0.3, -0.25) is 14.4 Å². The highest BCUT2D eigenvalue weighted by molar-refractivity contribution is 8.02. The number of aromatic nitrogens is 4. The van der Waals surface area contributed by atoms with Crippen LogP contribution in [0.2, 0.25) is 0 Å². The Balaban J connectivity index is 1.65. The van der Waals surface area contributed by atoms with Crippen molar-refractivity contribution in [1.29, 1.82) is 0 Å². The number of fused-ring (bicyclic) bond motifs is 1. The third-order valence-corrected chi connectivity index (χ3v) is 7.16. The Morgan fingerprint density at radius 2 is 2.17 bits per heavy atom. The van der Waals surface area contributed by atoms with E-state index in [1.54, 1.807) is 14.0 Å². The van der Waals surface area contributed by atoms with Crippen LogP contribution in [-0.2, 0) is 30.6 Å². The average Bonchev–Trinajstić information content (AvgIpc) is 3.27. The van der Waals surface area contributed by atoms with E-state index in [0.717, 1.165) is 0 Å². The second-order valence-corrected chi connectivity index (χ2v) is 12.0. The van der Waals surface area contributed by atoms with Gasteiger partial charge in [-0.25, -0.2) is 9.37 Å². The summed E-state index contributed by atoms with van der Waals surface area (Å²) in [6.45, 7) is 8.80. The molecule has 0 aromatic carbocycles. The van der Waals surface area contributed by atoms with E-state index in [1.165, 1.54) is 17.8 Å². The van der Waals surface area contributed by atoms with Gasteiger partial charge < -0.3 is 30.2 Å². The molecule has 0 radical (unpaired) electrons. The molecule has 6 atom stereocenters. The molecule has 0 saturated carbocycles. The number of hydrogen-bond donors (Lipinski definition) is 4. The standard InChI is InChI=1S/C20H33FN7O5PS/c1-10(16(30)31-8-19(2,3)4)27-34(35)32-7-11-13(29)20(5,21)17(33-11)28-9-24-12-14(23-6)25-18(22)26-15(12)28/h9-11,13,17,29,34H,7-8H2,1-6H3,(H,27,35)(H3,22,23,25,26)/t10-,11+,13+,17+,20+/m0/s1. The molecular weight excluding hydrogens is 500 g/mol. The Bertz CT molecular complexity index is 1100. The second-order valence-electron chi connectivity index (χ2n) is 9.76. The van der Waals surface area contributed by atoms with E-state index >= 15 is 4.39 Å². The number of nitrogen functional groups attached to an aromatic ring is 1. The van der Waals surface area contributed by atoms with Gasteiger partial charge in [0, 0.05) is 7.05 Å². The van der Waals surface area contributed by atoms with Crippen LogP contribution in [-0.4, -0.2) is 74.8 Å². The van der Waals surface area contributed by atoms with Crippen LogP contribution in [0.3, 0.4) is 0 Å². The lowest BCUT2D eigenvalue weighted by Crippen LogP contribution is -2.40. The zero-order valence-corrected chi connectivity index (χ0v) is 22.4. The Morgan fingerprint density at radius 3 is 2.80 bits per heavy atom. The van der Waals surface area contributed by atoms with Gasteiger partial charge in [-0.05, 0) is 19.3 Å². The predicted octanol–water partition coefficient (Wildman–Crippen LogP) is 1.53. The SMILES string of the molecule is CNc1nc(N)nc2c1ncn2[C@@H]1O[C@H](CO[PH](=S)N[C@@H](C)C(=O)OCC(C)(C)C)[C@@H](O)[C@@]1(C)F. The molecule has 12 nitrogen and oxygen atoms in total. The van der Waals surface area contributed by atoms with E-state index in [9.17, 15) is 9.90 Å². The van der Waals surface area contributed by atoms with Gasteiger partial charge in [-0.15, -0.1) is 0 Å². The first kappa shape index (κ1) is 27.6. The van der Waals surface area contributed by atoms with Crippen molar-refractivity contribution in [1.82, 2.24) is 24.6 Å². The number of anilines is 2. The number of esters is 1. The molecule has 3 rings (SSSR count). The van der Waals surface area contributed by atoms with Crippen LogP contribution in [0.15, 0.2) is 6.33 Å². The van der Waals surface area contributed by atoms with E-state index in [-0.39, 0.29) is 30.2 Å². The first-order valence-electron chi connectivity index (χ1n) is 11.0. The number of halogens is 1. The van der Waals surface area contributed by atoms with Crippen molar-refractivity contribution in [2.24, 2.45) is 5.41 Å². The molecule has 15 heteroatoms. The third-order valence-electron chi connectivity index (χ3n) is 5.36. The number of carbonyl (C=O) groups is 1. The fourth-order valence-corrected chi connectivity index (χ4v) is 5.08. The molecule has 35 heavy (non-hydrogen) atoms. The molecule has 1 aliphatic heterocycles. The summed E-state index contributed by atoms with van der Waals surface area (Å²) in [7, 11) is -0.450. The number of hydrogen-bond acceptors (Lipinski definition) is 11. The summed E-state index contributed by atoms with van der Waals surface area (Å²) in [4.78, 5) is 24.6. The molecule has 196 valence electrons. The number of ether oxygens (including phenoxy) is 2. The minimum absolute atomic E-state index is 0.0258. The van der Waals surface area contributed by atoms with E-state index in [2.05, 4.69) is 25.4 Å². The minimum atomic E-state index is -2.20. The quantitative estimate of drug-likeness (QED) is 0.272. The van der Waals surface area contributed by atoms with Gasteiger partial charge in [0.05, 0.1) is 19.5 Å². The maximum atomic E-state index is 15.7. The maximum Gasteiger partial charge on any atom is 0.323 e. The molecule has 2 aromatic heterocycles. The van der Waals surface area contributed by atoms with Gasteiger partial charge in [-0.1, -0.05) is 32.6 Å². The normalized spacial score (nSPS) is 26.6. The van der Waals surface area contributed by atoms with E-state index < -0.39 is 43.2 Å². The summed E-state index contributed by atoms with van der Waals surface area (Å²) in [5.41, 5.74) is 4.04. The molecule has 1 unspecified atom stereocenters. The summed E-state index contributed by atoms with van der Waals surface area (Å²) in [5, 5.41) is 16.4. The number of nitrogens with one attached hydrogen (secondary N) is 2. The summed E-state index contributed by atoms with van der Waals surface area (Å²) in [6, 6.07) is -0.679. The second kappa shape index (κ2) is 10.6. The Labute approximate surface area is 208 Å². The summed E-state index contributed by atoms with van der Waals surface area (Å²) < 4.78 is 33.8. The minimum Gasteiger partial charge on any atom is -0.464 e. The van der Waals surface area contributed by atoms with Crippen molar-refractivity contribution in [3.8, 4) is 0 Å². The van der Waals surface area contributed by atoms with Crippen molar-refractivity contribution >= 4 is 47.8 Å². The number of nitrogens with two attached hydrogens (primary N) is 1. The summed E-state index contributed by atoms with van der Waals surface area (Å²) in [6.07, 6.45) is -2.45.